The van der Waals surface area contributed by atoms with E-state index in [1.54, 1.807) is 6.20 Å². The molecule has 3 aromatic rings. The van der Waals surface area contributed by atoms with Gasteiger partial charge in [0.15, 0.2) is 0 Å². The zero-order valence-electron chi connectivity index (χ0n) is 16.1. The molecule has 0 fully saturated rings. The molecular formula is C21H26N6. The van der Waals surface area contributed by atoms with Gasteiger partial charge in [-0.1, -0.05) is 23.8 Å². The summed E-state index contributed by atoms with van der Waals surface area (Å²) in [4.78, 5) is 15.8. The number of benzene rings is 1. The van der Waals surface area contributed by atoms with Gasteiger partial charge in [0.2, 0.25) is 5.95 Å². The first-order chi connectivity index (χ1) is 13.1. The largest absolute Gasteiger partial charge is 0.354 e. The maximum Gasteiger partial charge on any atom is 0.225 e. The second-order valence-corrected chi connectivity index (χ2v) is 6.75. The molecule has 0 spiro atoms. The molecule has 3 rings (SSSR count). The Kier molecular flexibility index (Phi) is 6.33. The average molecular weight is 362 g/mol. The topological polar surface area (TPSA) is 66.0 Å². The molecule has 1 aromatic carbocycles. The lowest BCUT2D eigenvalue weighted by Gasteiger charge is -2.12. The van der Waals surface area contributed by atoms with Gasteiger partial charge < -0.3 is 15.5 Å². The van der Waals surface area contributed by atoms with Crippen molar-refractivity contribution in [3.8, 4) is 11.4 Å². The highest BCUT2D eigenvalue weighted by atomic mass is 15.1. The molecular weight excluding hydrogens is 336 g/mol. The van der Waals surface area contributed by atoms with Crippen LogP contribution in [0.3, 0.4) is 0 Å². The molecule has 27 heavy (non-hydrogen) atoms. The highest BCUT2D eigenvalue weighted by Gasteiger charge is 2.08. The quantitative estimate of drug-likeness (QED) is 0.592. The van der Waals surface area contributed by atoms with Gasteiger partial charge in [-0.2, -0.15) is 4.98 Å². The number of aryl methyl sites for hydroxylation is 1. The van der Waals surface area contributed by atoms with Crippen LogP contribution in [0, 0.1) is 6.92 Å². The number of nitrogens with one attached hydrogen (secondary N) is 2. The average Bonchev–Trinajstić information content (AvgIpc) is 2.67. The molecule has 0 aliphatic heterocycles. The third-order valence-corrected chi connectivity index (χ3v) is 4.04. The molecule has 2 heterocycles. The lowest BCUT2D eigenvalue weighted by Crippen LogP contribution is -2.17. The van der Waals surface area contributed by atoms with Crippen molar-refractivity contribution in [3.05, 3.63) is 60.3 Å². The van der Waals surface area contributed by atoms with Crippen molar-refractivity contribution >= 4 is 17.5 Å². The highest BCUT2D eigenvalue weighted by molar-refractivity contribution is 5.65. The van der Waals surface area contributed by atoms with E-state index < -0.39 is 0 Å². The van der Waals surface area contributed by atoms with Crippen molar-refractivity contribution in [1.29, 1.82) is 0 Å². The van der Waals surface area contributed by atoms with Crippen LogP contribution in [0.2, 0.25) is 0 Å². The minimum atomic E-state index is 0.603. The monoisotopic (exact) mass is 362 g/mol. The fraction of sp³-hybridized carbons (Fsp3) is 0.286. The van der Waals surface area contributed by atoms with E-state index in [1.165, 1.54) is 5.56 Å². The standard InChI is InChI=1S/C21H26N6/c1-16-8-10-17(11-9-16)24-20-15-19(18-7-4-5-12-22-18)25-21(26-20)23-13-6-14-27(2)3/h4-5,7-12,15H,6,13-14H2,1-3H3,(H2,23,24,25,26). The summed E-state index contributed by atoms with van der Waals surface area (Å²) in [5, 5.41) is 6.69. The van der Waals surface area contributed by atoms with E-state index in [0.29, 0.717) is 5.95 Å². The Labute approximate surface area is 160 Å². The first-order valence-corrected chi connectivity index (χ1v) is 9.13. The third-order valence-electron chi connectivity index (χ3n) is 4.04. The summed E-state index contributed by atoms with van der Waals surface area (Å²) in [6.07, 6.45) is 2.79. The molecule has 6 nitrogen and oxygen atoms in total. The van der Waals surface area contributed by atoms with E-state index in [4.69, 9.17) is 0 Å². The van der Waals surface area contributed by atoms with Gasteiger partial charge in [-0.25, -0.2) is 4.98 Å². The zero-order chi connectivity index (χ0) is 19.1. The van der Waals surface area contributed by atoms with Crippen LogP contribution in [0.4, 0.5) is 17.5 Å². The predicted octanol–water partition coefficient (Wildman–Crippen LogP) is 3.95. The summed E-state index contributed by atoms with van der Waals surface area (Å²) >= 11 is 0. The number of anilines is 3. The summed E-state index contributed by atoms with van der Waals surface area (Å²) < 4.78 is 0. The van der Waals surface area contributed by atoms with Gasteiger partial charge in [-0.3, -0.25) is 4.98 Å². The molecule has 0 bridgehead atoms. The number of nitrogens with zero attached hydrogens (tertiary/aromatic N) is 4. The second-order valence-electron chi connectivity index (χ2n) is 6.75. The smallest absolute Gasteiger partial charge is 0.225 e. The molecule has 140 valence electrons. The molecule has 0 radical (unpaired) electrons. The van der Waals surface area contributed by atoms with Crippen molar-refractivity contribution < 1.29 is 0 Å². The van der Waals surface area contributed by atoms with Crippen molar-refractivity contribution in [3.63, 3.8) is 0 Å². The van der Waals surface area contributed by atoms with Crippen LogP contribution in [0.5, 0.6) is 0 Å². The summed E-state index contributed by atoms with van der Waals surface area (Å²) in [5.74, 6) is 1.34. The Balaban J connectivity index is 1.82. The number of rotatable bonds is 8. The van der Waals surface area contributed by atoms with Gasteiger partial charge >= 0.3 is 0 Å². The summed E-state index contributed by atoms with van der Waals surface area (Å²) in [6.45, 7) is 3.90. The van der Waals surface area contributed by atoms with Crippen molar-refractivity contribution in [2.45, 2.75) is 13.3 Å². The van der Waals surface area contributed by atoms with Gasteiger partial charge in [-0.05, 0) is 58.3 Å². The summed E-state index contributed by atoms with van der Waals surface area (Å²) in [6, 6.07) is 16.0. The molecule has 0 saturated heterocycles. The van der Waals surface area contributed by atoms with E-state index in [9.17, 15) is 0 Å². The van der Waals surface area contributed by atoms with Gasteiger partial charge in [0.25, 0.3) is 0 Å². The molecule has 0 unspecified atom stereocenters. The molecule has 0 saturated carbocycles. The molecule has 0 aliphatic rings. The Morgan fingerprint density at radius 3 is 2.48 bits per heavy atom. The van der Waals surface area contributed by atoms with E-state index in [0.717, 1.165) is 42.4 Å². The first kappa shape index (κ1) is 18.8. The number of pyridine rings is 1. The minimum absolute atomic E-state index is 0.603. The Hall–Kier alpha value is -2.99. The van der Waals surface area contributed by atoms with Gasteiger partial charge in [0.1, 0.15) is 5.82 Å². The van der Waals surface area contributed by atoms with E-state index >= 15 is 0 Å². The summed E-state index contributed by atoms with van der Waals surface area (Å²) in [7, 11) is 4.14. The van der Waals surface area contributed by atoms with E-state index in [-0.39, 0.29) is 0 Å². The lowest BCUT2D eigenvalue weighted by molar-refractivity contribution is 0.405. The molecule has 0 aliphatic carbocycles. The first-order valence-electron chi connectivity index (χ1n) is 9.13. The van der Waals surface area contributed by atoms with Crippen molar-refractivity contribution in [2.75, 3.05) is 37.8 Å². The molecule has 2 N–H and O–H groups in total. The maximum absolute atomic E-state index is 4.64. The Morgan fingerprint density at radius 1 is 0.963 bits per heavy atom. The van der Waals surface area contributed by atoms with Crippen LogP contribution >= 0.6 is 0 Å². The van der Waals surface area contributed by atoms with Crippen LogP contribution in [0.15, 0.2) is 54.7 Å². The third kappa shape index (κ3) is 5.76. The van der Waals surface area contributed by atoms with E-state index in [2.05, 4.69) is 63.6 Å². The van der Waals surface area contributed by atoms with Crippen LogP contribution < -0.4 is 10.6 Å². The molecule has 6 heteroatoms. The SMILES string of the molecule is Cc1ccc(Nc2cc(-c3ccccn3)nc(NCCCN(C)C)n2)cc1. The maximum atomic E-state index is 4.64. The normalized spacial score (nSPS) is 10.8. The van der Waals surface area contributed by atoms with Crippen LogP contribution in [0.25, 0.3) is 11.4 Å². The second kappa shape index (κ2) is 9.09. The van der Waals surface area contributed by atoms with Gasteiger partial charge in [0.05, 0.1) is 11.4 Å². The van der Waals surface area contributed by atoms with Crippen LogP contribution in [-0.2, 0) is 0 Å². The number of hydrogen-bond acceptors (Lipinski definition) is 6. The molecule has 0 atom stereocenters. The van der Waals surface area contributed by atoms with Crippen molar-refractivity contribution in [2.24, 2.45) is 0 Å². The fourth-order valence-corrected chi connectivity index (χ4v) is 2.62. The summed E-state index contributed by atoms with van der Waals surface area (Å²) in [5.41, 5.74) is 3.82. The fourth-order valence-electron chi connectivity index (χ4n) is 2.62. The van der Waals surface area contributed by atoms with Crippen LogP contribution in [0.1, 0.15) is 12.0 Å². The number of hydrogen-bond donors (Lipinski definition) is 2. The van der Waals surface area contributed by atoms with E-state index in [1.807, 2.05) is 36.4 Å². The van der Waals surface area contributed by atoms with Gasteiger partial charge in [0, 0.05) is 24.5 Å². The van der Waals surface area contributed by atoms with Crippen LogP contribution in [-0.4, -0.2) is 47.0 Å². The predicted molar refractivity (Wildman–Crippen MR) is 111 cm³/mol. The lowest BCUT2D eigenvalue weighted by atomic mass is 10.2. The zero-order valence-corrected chi connectivity index (χ0v) is 16.1. The Morgan fingerprint density at radius 2 is 1.78 bits per heavy atom. The highest BCUT2D eigenvalue weighted by Crippen LogP contribution is 2.22. The van der Waals surface area contributed by atoms with Crippen molar-refractivity contribution in [1.82, 2.24) is 19.9 Å². The van der Waals surface area contributed by atoms with Gasteiger partial charge in [-0.15, -0.1) is 0 Å². The molecule has 0 amide bonds. The Bertz CT molecular complexity index is 846. The molecule has 2 aromatic heterocycles. The number of aromatic nitrogens is 3. The minimum Gasteiger partial charge on any atom is -0.354 e.